The molecule has 2 aromatic rings. The summed E-state index contributed by atoms with van der Waals surface area (Å²) in [6.45, 7) is -2.22. The van der Waals surface area contributed by atoms with E-state index in [0.717, 1.165) is 25.7 Å². The van der Waals surface area contributed by atoms with Crippen molar-refractivity contribution in [3.8, 4) is 0 Å². The number of hydrogen-bond acceptors (Lipinski definition) is 11. The number of rotatable bonds is 10. The Labute approximate surface area is 205 Å². The van der Waals surface area contributed by atoms with Crippen LogP contribution in [0.2, 0.25) is 5.28 Å². The zero-order valence-corrected chi connectivity index (χ0v) is 20.5. The topological polar surface area (TPSA) is 202 Å². The van der Waals surface area contributed by atoms with Gasteiger partial charge in [0.05, 0.1) is 31.4 Å². The zero-order valence-electron chi connectivity index (χ0n) is 18.9. The van der Waals surface area contributed by atoms with Gasteiger partial charge in [0.1, 0.15) is 24.1 Å². The lowest BCUT2D eigenvalue weighted by atomic mass is 10.1. The van der Waals surface area contributed by atoms with Crippen LogP contribution in [0.4, 0.5) is 5.82 Å². The lowest BCUT2D eigenvalue weighted by Crippen LogP contribution is -2.44. The lowest BCUT2D eigenvalue weighted by molar-refractivity contribution is -0.125. The van der Waals surface area contributed by atoms with Crippen LogP contribution in [0.25, 0.3) is 11.0 Å². The summed E-state index contributed by atoms with van der Waals surface area (Å²) < 4.78 is 29.1. The third-order valence-electron chi connectivity index (χ3n) is 6.36. The van der Waals surface area contributed by atoms with E-state index in [-0.39, 0.29) is 17.0 Å². The van der Waals surface area contributed by atoms with Crippen molar-refractivity contribution in [2.45, 2.75) is 61.6 Å². The number of halogens is 1. The molecule has 1 aliphatic carbocycles. The lowest BCUT2D eigenvalue weighted by Gasteiger charge is -2.32. The molecular weight excluding hydrogens is 509 g/mol. The Morgan fingerprint density at radius 3 is 2.63 bits per heavy atom. The number of ether oxygens (including phenoxy) is 3. The highest BCUT2D eigenvalue weighted by molar-refractivity contribution is 7.53. The number of aromatic nitrogens is 4. The number of fused-ring (bicyclic) bond motifs is 1. The van der Waals surface area contributed by atoms with E-state index in [4.69, 9.17) is 25.8 Å². The molecule has 0 bridgehead atoms. The predicted molar refractivity (Wildman–Crippen MR) is 122 cm³/mol. The van der Waals surface area contributed by atoms with E-state index in [1.54, 1.807) is 0 Å². The Morgan fingerprint density at radius 2 is 2.00 bits per heavy atom. The molecule has 6 N–H and O–H groups in total. The minimum atomic E-state index is -4.99. The summed E-state index contributed by atoms with van der Waals surface area (Å²) in [4.78, 5) is 27.8. The van der Waals surface area contributed by atoms with Crippen molar-refractivity contribution >= 4 is 36.0 Å². The SMILES string of the molecule is COCC(CO)(OCC1OC(n2ncc3c(NC4CCCC4)nc(Cl)nc32)C(O)C1O)P(=O)(O)O. The van der Waals surface area contributed by atoms with Gasteiger partial charge in [0.15, 0.2) is 11.9 Å². The third kappa shape index (κ3) is 5.18. The number of aliphatic hydroxyl groups excluding tert-OH is 3. The molecule has 4 rings (SSSR count). The first-order chi connectivity index (χ1) is 16.6. The second kappa shape index (κ2) is 10.5. The first-order valence-corrected chi connectivity index (χ1v) is 13.1. The summed E-state index contributed by atoms with van der Waals surface area (Å²) in [6.07, 6.45) is 0.345. The second-order valence-corrected chi connectivity index (χ2v) is 11.0. The highest BCUT2D eigenvalue weighted by Gasteiger charge is 2.51. The fourth-order valence-corrected chi connectivity index (χ4v) is 5.27. The third-order valence-corrected chi connectivity index (χ3v) is 8.00. The second-order valence-electron chi connectivity index (χ2n) is 8.73. The Bertz CT molecular complexity index is 1080. The highest BCUT2D eigenvalue weighted by Crippen LogP contribution is 2.51. The Balaban J connectivity index is 1.56. The van der Waals surface area contributed by atoms with Gasteiger partial charge in [-0.2, -0.15) is 15.1 Å². The molecule has 0 radical (unpaired) electrons. The van der Waals surface area contributed by atoms with E-state index >= 15 is 0 Å². The molecule has 2 aliphatic rings. The molecule has 2 aromatic heterocycles. The molecule has 3 heterocycles. The summed E-state index contributed by atoms with van der Waals surface area (Å²) in [7, 11) is -3.80. The molecule has 0 aromatic carbocycles. The van der Waals surface area contributed by atoms with Crippen molar-refractivity contribution in [3.05, 3.63) is 11.5 Å². The molecule has 196 valence electrons. The van der Waals surface area contributed by atoms with Gasteiger partial charge in [-0.05, 0) is 24.4 Å². The van der Waals surface area contributed by atoms with Gasteiger partial charge < -0.3 is 44.6 Å². The monoisotopic (exact) mass is 537 g/mol. The minimum absolute atomic E-state index is 0.0402. The Kier molecular flexibility index (Phi) is 7.98. The zero-order chi connectivity index (χ0) is 25.4. The average Bonchev–Trinajstić information content (AvgIpc) is 3.52. The number of hydrogen-bond donors (Lipinski definition) is 6. The van der Waals surface area contributed by atoms with Crippen molar-refractivity contribution in [2.75, 3.05) is 32.2 Å². The molecule has 2 fully saturated rings. The van der Waals surface area contributed by atoms with Gasteiger partial charge in [-0.1, -0.05) is 12.8 Å². The molecule has 14 nitrogen and oxygen atoms in total. The molecule has 5 unspecified atom stereocenters. The van der Waals surface area contributed by atoms with Crippen LogP contribution in [0.3, 0.4) is 0 Å². The quantitative estimate of drug-likeness (QED) is 0.174. The molecule has 1 saturated carbocycles. The van der Waals surface area contributed by atoms with Crippen molar-refractivity contribution in [3.63, 3.8) is 0 Å². The summed E-state index contributed by atoms with van der Waals surface area (Å²) >= 11 is 6.14. The highest BCUT2D eigenvalue weighted by atomic mass is 35.5. The van der Waals surface area contributed by atoms with E-state index in [1.165, 1.54) is 18.0 Å². The fourth-order valence-electron chi connectivity index (χ4n) is 4.38. The van der Waals surface area contributed by atoms with Crippen LogP contribution in [0.5, 0.6) is 0 Å². The maximum Gasteiger partial charge on any atom is 0.361 e. The van der Waals surface area contributed by atoms with Gasteiger partial charge in [-0.3, -0.25) is 4.57 Å². The van der Waals surface area contributed by atoms with Gasteiger partial charge >= 0.3 is 7.60 Å². The summed E-state index contributed by atoms with van der Waals surface area (Å²) in [6, 6.07) is 0.247. The van der Waals surface area contributed by atoms with Crippen molar-refractivity contribution in [1.82, 2.24) is 19.7 Å². The number of methoxy groups -OCH3 is 1. The van der Waals surface area contributed by atoms with Gasteiger partial charge in [-0.25, -0.2) is 4.68 Å². The average molecular weight is 538 g/mol. The van der Waals surface area contributed by atoms with Gasteiger partial charge in [0, 0.05) is 13.2 Å². The predicted octanol–water partition coefficient (Wildman–Crippen LogP) is -0.0173. The standard InChI is InChI=1S/C19H29ClN5O9P/c1-32-9-19(8-26,35(29,30)31)33-7-12-13(27)14(28)17(34-12)25-16-11(6-21-25)15(23-18(20)24-16)22-10-4-2-3-5-10/h6,10,12-14,17,26-28H,2-5,7-9H2,1H3,(H,22,23,24)(H2,29,30,31). The Morgan fingerprint density at radius 1 is 1.29 bits per heavy atom. The number of nitrogens with zero attached hydrogens (tertiary/aromatic N) is 4. The van der Waals surface area contributed by atoms with Crippen molar-refractivity contribution in [1.29, 1.82) is 0 Å². The summed E-state index contributed by atoms with van der Waals surface area (Å²) in [5, 5.41) is 36.6. The Hall–Kier alpha value is -1.45. The maximum absolute atomic E-state index is 11.9. The number of aliphatic hydroxyl groups is 3. The minimum Gasteiger partial charge on any atom is -0.393 e. The van der Waals surface area contributed by atoms with Gasteiger partial charge in [-0.15, -0.1) is 0 Å². The van der Waals surface area contributed by atoms with E-state index in [1.807, 2.05) is 0 Å². The van der Waals surface area contributed by atoms with Gasteiger partial charge in [0.2, 0.25) is 10.6 Å². The van der Waals surface area contributed by atoms with Crippen LogP contribution in [0.15, 0.2) is 6.20 Å². The van der Waals surface area contributed by atoms with Crippen molar-refractivity contribution in [2.24, 2.45) is 0 Å². The summed E-state index contributed by atoms with van der Waals surface area (Å²) in [5.41, 5.74) is 0.266. The first-order valence-electron chi connectivity index (χ1n) is 11.1. The molecule has 0 spiro atoms. The summed E-state index contributed by atoms with van der Waals surface area (Å²) in [5.74, 6) is 0.500. The largest absolute Gasteiger partial charge is 0.393 e. The van der Waals surface area contributed by atoms with Crippen LogP contribution in [-0.4, -0.2) is 101 Å². The molecule has 35 heavy (non-hydrogen) atoms. The van der Waals surface area contributed by atoms with E-state index in [9.17, 15) is 29.7 Å². The normalized spacial score (nSPS) is 27.5. The van der Waals surface area contributed by atoms with E-state index in [0.29, 0.717) is 11.2 Å². The van der Waals surface area contributed by atoms with E-state index < -0.39 is 57.3 Å². The molecule has 0 amide bonds. The van der Waals surface area contributed by atoms with Crippen LogP contribution in [0.1, 0.15) is 31.9 Å². The molecule has 5 atom stereocenters. The van der Waals surface area contributed by atoms with Crippen LogP contribution in [0, 0.1) is 0 Å². The van der Waals surface area contributed by atoms with Crippen LogP contribution in [-0.2, 0) is 18.8 Å². The maximum atomic E-state index is 11.9. The van der Waals surface area contributed by atoms with Crippen LogP contribution < -0.4 is 5.32 Å². The van der Waals surface area contributed by atoms with Gasteiger partial charge in [0.25, 0.3) is 0 Å². The van der Waals surface area contributed by atoms with Crippen LogP contribution >= 0.6 is 19.2 Å². The molecule has 1 aliphatic heterocycles. The molecular formula is C19H29ClN5O9P. The first kappa shape index (κ1) is 26.6. The van der Waals surface area contributed by atoms with E-state index in [2.05, 4.69) is 20.4 Å². The smallest absolute Gasteiger partial charge is 0.361 e. The number of nitrogens with one attached hydrogen (secondary N) is 1. The number of anilines is 1. The van der Waals surface area contributed by atoms with Crippen molar-refractivity contribution < 1.29 is 43.9 Å². The molecule has 16 heteroatoms. The fraction of sp³-hybridized carbons (Fsp3) is 0.737. The molecule has 1 saturated heterocycles.